The van der Waals surface area contributed by atoms with Crippen molar-refractivity contribution < 1.29 is 14.3 Å². The Hall–Kier alpha value is -1.63. The zero-order valence-corrected chi connectivity index (χ0v) is 16.8. The number of rotatable bonds is 4. The van der Waals surface area contributed by atoms with Gasteiger partial charge in [0.25, 0.3) is 0 Å². The van der Waals surface area contributed by atoms with Crippen molar-refractivity contribution in [3.63, 3.8) is 0 Å². The van der Waals surface area contributed by atoms with Crippen molar-refractivity contribution in [1.82, 2.24) is 15.2 Å². The van der Waals surface area contributed by atoms with Crippen LogP contribution in [0, 0.1) is 0 Å². The second-order valence-electron chi connectivity index (χ2n) is 8.06. The summed E-state index contributed by atoms with van der Waals surface area (Å²) in [6.07, 6.45) is 6.60. The van der Waals surface area contributed by atoms with Crippen molar-refractivity contribution in [1.29, 1.82) is 0 Å². The lowest BCUT2D eigenvalue weighted by molar-refractivity contribution is -0.125. The highest BCUT2D eigenvalue weighted by Gasteiger charge is 2.36. The molecular weight excluding hydrogens is 350 g/mol. The third-order valence-electron chi connectivity index (χ3n) is 4.71. The van der Waals surface area contributed by atoms with E-state index < -0.39 is 17.7 Å². The molecule has 7 heteroatoms. The molecule has 2 heterocycles. The minimum atomic E-state index is -0.551. The first kappa shape index (κ1) is 19.1. The van der Waals surface area contributed by atoms with Gasteiger partial charge in [-0.3, -0.25) is 9.69 Å². The molecule has 1 aliphatic heterocycles. The van der Waals surface area contributed by atoms with Crippen molar-refractivity contribution in [3.8, 4) is 0 Å². The van der Waals surface area contributed by atoms with Gasteiger partial charge in [0.1, 0.15) is 11.6 Å². The highest BCUT2D eigenvalue weighted by atomic mass is 32.1. The molecule has 1 unspecified atom stereocenters. The van der Waals surface area contributed by atoms with E-state index in [4.69, 9.17) is 9.72 Å². The minimum Gasteiger partial charge on any atom is -0.444 e. The van der Waals surface area contributed by atoms with Crippen LogP contribution in [-0.2, 0) is 28.8 Å². The number of hydrogen-bond acceptors (Lipinski definition) is 5. The van der Waals surface area contributed by atoms with Crippen molar-refractivity contribution in [3.05, 3.63) is 15.6 Å². The molecule has 1 N–H and O–H groups in total. The molecule has 26 heavy (non-hydrogen) atoms. The molecule has 2 amide bonds. The maximum absolute atomic E-state index is 12.5. The summed E-state index contributed by atoms with van der Waals surface area (Å²) in [5, 5.41) is 4.08. The summed E-state index contributed by atoms with van der Waals surface area (Å²) in [6, 6.07) is -0.422. The molecule has 2 aliphatic rings. The standard InChI is InChI=1S/C19H29N3O3S/c1-19(2,3)25-18(24)22-12-6-8-14(22)17(23)20-11-10-16-21-13-7-4-5-9-15(13)26-16/h14H,4-12H2,1-3H3,(H,20,23). The van der Waals surface area contributed by atoms with E-state index in [1.165, 1.54) is 23.4 Å². The van der Waals surface area contributed by atoms with Crippen molar-refractivity contribution >= 4 is 23.3 Å². The lowest BCUT2D eigenvalue weighted by atomic mass is 10.0. The molecule has 1 aromatic rings. The number of aryl methyl sites for hydroxylation is 2. The summed E-state index contributed by atoms with van der Waals surface area (Å²) in [5.41, 5.74) is 0.708. The van der Waals surface area contributed by atoms with Crippen LogP contribution in [0.5, 0.6) is 0 Å². The minimum absolute atomic E-state index is 0.0883. The zero-order chi connectivity index (χ0) is 18.7. The Bertz CT molecular complexity index is 642. The van der Waals surface area contributed by atoms with Gasteiger partial charge in [0.05, 0.1) is 10.7 Å². The molecule has 1 aromatic heterocycles. The number of nitrogens with zero attached hydrogens (tertiary/aromatic N) is 2. The fraction of sp³-hybridized carbons (Fsp3) is 0.737. The van der Waals surface area contributed by atoms with Gasteiger partial charge in [0.2, 0.25) is 5.91 Å². The van der Waals surface area contributed by atoms with E-state index in [9.17, 15) is 9.59 Å². The van der Waals surface area contributed by atoms with E-state index in [1.54, 1.807) is 16.2 Å². The largest absolute Gasteiger partial charge is 0.444 e. The molecule has 3 rings (SSSR count). The van der Waals surface area contributed by atoms with E-state index >= 15 is 0 Å². The quantitative estimate of drug-likeness (QED) is 0.873. The number of fused-ring (bicyclic) bond motifs is 1. The molecular formula is C19H29N3O3S. The fourth-order valence-corrected chi connectivity index (χ4v) is 4.66. The summed E-state index contributed by atoms with van der Waals surface area (Å²) in [7, 11) is 0. The number of amides is 2. The van der Waals surface area contributed by atoms with E-state index in [2.05, 4.69) is 5.32 Å². The number of aromatic nitrogens is 1. The Morgan fingerprint density at radius 1 is 1.27 bits per heavy atom. The topological polar surface area (TPSA) is 71.5 Å². The van der Waals surface area contributed by atoms with Gasteiger partial charge in [-0.15, -0.1) is 11.3 Å². The molecule has 6 nitrogen and oxygen atoms in total. The summed E-state index contributed by atoms with van der Waals surface area (Å²) in [4.78, 5) is 32.5. The first-order valence-corrected chi connectivity index (χ1v) is 10.4. The normalized spacial score (nSPS) is 20.0. The lowest BCUT2D eigenvalue weighted by Crippen LogP contribution is -2.47. The van der Waals surface area contributed by atoms with Gasteiger partial charge in [-0.05, 0) is 59.3 Å². The van der Waals surface area contributed by atoms with Crippen LogP contribution in [-0.4, -0.2) is 46.6 Å². The van der Waals surface area contributed by atoms with Gasteiger partial charge in [-0.2, -0.15) is 0 Å². The Morgan fingerprint density at radius 2 is 2.04 bits per heavy atom. The van der Waals surface area contributed by atoms with Crippen LogP contribution < -0.4 is 5.32 Å². The molecule has 1 atom stereocenters. The summed E-state index contributed by atoms with van der Waals surface area (Å²) < 4.78 is 5.42. The lowest BCUT2D eigenvalue weighted by Gasteiger charge is -2.28. The predicted molar refractivity (Wildman–Crippen MR) is 101 cm³/mol. The number of carbonyl (C=O) groups excluding carboxylic acids is 2. The number of ether oxygens (including phenoxy) is 1. The first-order valence-electron chi connectivity index (χ1n) is 9.58. The second kappa shape index (κ2) is 7.94. The van der Waals surface area contributed by atoms with Gasteiger partial charge >= 0.3 is 6.09 Å². The molecule has 1 aliphatic carbocycles. The Labute approximate surface area is 159 Å². The van der Waals surface area contributed by atoms with Crippen LogP contribution in [0.1, 0.15) is 62.0 Å². The number of carbonyl (C=O) groups is 2. The maximum Gasteiger partial charge on any atom is 0.410 e. The van der Waals surface area contributed by atoms with Crippen LogP contribution in [0.25, 0.3) is 0 Å². The van der Waals surface area contributed by atoms with E-state index in [0.717, 1.165) is 30.7 Å². The molecule has 0 bridgehead atoms. The van der Waals surface area contributed by atoms with Crippen molar-refractivity contribution in [2.24, 2.45) is 0 Å². The van der Waals surface area contributed by atoms with Gasteiger partial charge in [0.15, 0.2) is 0 Å². The molecule has 1 saturated heterocycles. The van der Waals surface area contributed by atoms with Gasteiger partial charge in [-0.1, -0.05) is 0 Å². The third kappa shape index (κ3) is 4.75. The molecule has 0 spiro atoms. The molecule has 0 saturated carbocycles. The molecule has 0 aromatic carbocycles. The van der Waals surface area contributed by atoms with Gasteiger partial charge in [0, 0.05) is 24.4 Å². The highest BCUT2D eigenvalue weighted by Crippen LogP contribution is 2.27. The highest BCUT2D eigenvalue weighted by molar-refractivity contribution is 7.11. The molecule has 144 valence electrons. The predicted octanol–water partition coefficient (Wildman–Crippen LogP) is 3.08. The number of thiazole rings is 1. The summed E-state index contributed by atoms with van der Waals surface area (Å²) >= 11 is 1.78. The second-order valence-corrected chi connectivity index (χ2v) is 9.23. The maximum atomic E-state index is 12.5. The van der Waals surface area contributed by atoms with Crippen LogP contribution in [0.3, 0.4) is 0 Å². The smallest absolute Gasteiger partial charge is 0.410 e. The monoisotopic (exact) mass is 379 g/mol. The number of nitrogens with one attached hydrogen (secondary N) is 1. The van der Waals surface area contributed by atoms with E-state index in [-0.39, 0.29) is 5.91 Å². The molecule has 0 radical (unpaired) electrons. The number of hydrogen-bond donors (Lipinski definition) is 1. The average Bonchev–Trinajstić information content (AvgIpc) is 3.19. The van der Waals surface area contributed by atoms with Crippen molar-refractivity contribution in [2.75, 3.05) is 13.1 Å². The molecule has 1 fully saturated rings. The Balaban J connectivity index is 1.49. The fourth-order valence-electron chi connectivity index (χ4n) is 3.50. The third-order valence-corrected chi connectivity index (χ3v) is 5.93. The van der Waals surface area contributed by atoms with Crippen LogP contribution >= 0.6 is 11.3 Å². The zero-order valence-electron chi connectivity index (χ0n) is 16.0. The Kier molecular flexibility index (Phi) is 5.85. The van der Waals surface area contributed by atoms with Crippen LogP contribution in [0.2, 0.25) is 0 Å². The summed E-state index contributed by atoms with van der Waals surface area (Å²) in [6.45, 7) is 6.65. The number of likely N-dealkylation sites (tertiary alicyclic amines) is 1. The van der Waals surface area contributed by atoms with Crippen LogP contribution in [0.4, 0.5) is 4.79 Å². The van der Waals surface area contributed by atoms with Gasteiger partial charge in [-0.25, -0.2) is 9.78 Å². The average molecular weight is 380 g/mol. The van der Waals surface area contributed by atoms with E-state index in [1.807, 2.05) is 20.8 Å². The van der Waals surface area contributed by atoms with Gasteiger partial charge < -0.3 is 10.1 Å². The van der Waals surface area contributed by atoms with Crippen molar-refractivity contribution in [2.45, 2.75) is 77.4 Å². The Morgan fingerprint density at radius 3 is 2.77 bits per heavy atom. The van der Waals surface area contributed by atoms with Crippen LogP contribution in [0.15, 0.2) is 0 Å². The van der Waals surface area contributed by atoms with E-state index in [0.29, 0.717) is 19.5 Å². The summed E-state index contributed by atoms with van der Waals surface area (Å²) in [5.74, 6) is -0.0883. The first-order chi connectivity index (χ1) is 12.3. The SMILES string of the molecule is CC(C)(C)OC(=O)N1CCCC1C(=O)NCCc1nc2c(s1)CCCC2.